The second kappa shape index (κ2) is 35.7. The molecule has 1 aliphatic heterocycles. The van der Waals surface area contributed by atoms with Crippen molar-refractivity contribution in [3.63, 3.8) is 0 Å². The molecular weight excluding hydrogens is 1580 g/mol. The van der Waals surface area contributed by atoms with Crippen LogP contribution in [0.25, 0.3) is 11.4 Å². The molecule has 6 N–H and O–H groups in total. The van der Waals surface area contributed by atoms with Crippen LogP contribution in [0, 0.1) is 0 Å². The van der Waals surface area contributed by atoms with Crippen molar-refractivity contribution < 1.29 is 24.5 Å². The summed E-state index contributed by atoms with van der Waals surface area (Å²) >= 11 is 23.7. The lowest BCUT2D eigenvalue weighted by Crippen LogP contribution is -2.50. The first-order valence-electron chi connectivity index (χ1n) is 29.9. The van der Waals surface area contributed by atoms with Crippen LogP contribution in [0.4, 0.5) is 33.2 Å². The molecule has 4 fully saturated rings. The number of benzene rings is 7. The van der Waals surface area contributed by atoms with Gasteiger partial charge in [-0.2, -0.15) is 4.99 Å². The molecule has 6 atom stereocenters. The average Bonchev–Trinajstić information content (AvgIpc) is 1.71. The predicted molar refractivity (Wildman–Crippen MR) is 385 cm³/mol. The Hall–Kier alpha value is -4.96. The van der Waals surface area contributed by atoms with E-state index in [1.54, 1.807) is 17.0 Å². The number of nitrogens with one attached hydrogen (secondary N) is 2. The van der Waals surface area contributed by atoms with Crippen molar-refractivity contribution in [1.82, 2.24) is 9.13 Å². The minimum Gasteiger partial charge on any atom is -0.399 e. The van der Waals surface area contributed by atoms with Crippen molar-refractivity contribution in [2.24, 2.45) is 4.99 Å². The summed E-state index contributed by atoms with van der Waals surface area (Å²) in [6.07, 6.45) is 19.7. The molecule has 2 amide bonds. The van der Waals surface area contributed by atoms with Gasteiger partial charge in [0.1, 0.15) is 0 Å². The van der Waals surface area contributed by atoms with E-state index < -0.39 is 6.10 Å². The van der Waals surface area contributed by atoms with Crippen LogP contribution in [0.2, 0.25) is 0 Å². The molecule has 13 nitrogen and oxygen atoms in total. The number of rotatable bonds is 8. The Morgan fingerprint density at radius 2 is 0.899 bits per heavy atom. The highest BCUT2D eigenvalue weighted by atomic mass is 79.9. The van der Waals surface area contributed by atoms with E-state index in [9.17, 15) is 24.6 Å². The molecule has 468 valence electrons. The van der Waals surface area contributed by atoms with Crippen molar-refractivity contribution in [2.75, 3.05) is 21.3 Å². The summed E-state index contributed by atoms with van der Waals surface area (Å²) in [6.45, 7) is 0. The zero-order valence-electron chi connectivity index (χ0n) is 49.0. The Labute approximate surface area is 580 Å². The highest BCUT2D eigenvalue weighted by molar-refractivity contribution is 9.11. The van der Waals surface area contributed by atoms with Crippen LogP contribution < -0.4 is 27.0 Å². The smallest absolute Gasteiger partial charge is 0.337 e. The first-order valence-corrected chi connectivity index (χ1v) is 35.5. The number of aromatic nitrogens is 2. The fraction of sp³-hybridized carbons (Fsp3) is 0.319. The zero-order valence-corrected chi connectivity index (χ0v) is 60.1. The lowest BCUT2D eigenvalue weighted by molar-refractivity contribution is 0.106. The number of imidazole rings is 1. The quantitative estimate of drug-likeness (QED) is 0.0432. The summed E-state index contributed by atoms with van der Waals surface area (Å²) in [4.78, 5) is 41.1. The number of hydrogen-bond acceptors (Lipinski definition) is 9. The molecule has 6 unspecified atom stereocenters. The number of epoxide rings is 1. The van der Waals surface area contributed by atoms with E-state index in [0.717, 1.165) is 147 Å². The first kappa shape index (κ1) is 69.9. The molecule has 89 heavy (non-hydrogen) atoms. The summed E-state index contributed by atoms with van der Waals surface area (Å²) < 4.78 is 16.1. The molecule has 2 heterocycles. The van der Waals surface area contributed by atoms with E-state index in [1.165, 1.54) is 38.2 Å². The maximum absolute atomic E-state index is 13.2. The Kier molecular flexibility index (Phi) is 28.1. The average molecular weight is 1650 g/mol. The van der Waals surface area contributed by atoms with Gasteiger partial charge in [-0.15, -0.1) is 0 Å². The molecule has 0 radical (unpaired) electrons. The van der Waals surface area contributed by atoms with E-state index in [1.807, 2.05) is 167 Å². The third kappa shape index (κ3) is 21.8. The second-order valence-corrected chi connectivity index (χ2v) is 28.5. The van der Waals surface area contributed by atoms with E-state index >= 15 is 0 Å². The van der Waals surface area contributed by atoms with Gasteiger partial charge in [0.25, 0.3) is 0 Å². The molecule has 0 spiro atoms. The van der Waals surface area contributed by atoms with E-state index in [0.29, 0.717) is 17.9 Å². The maximum atomic E-state index is 13.2. The van der Waals surface area contributed by atoms with Crippen LogP contribution in [0.1, 0.15) is 101 Å². The van der Waals surface area contributed by atoms with Gasteiger partial charge in [-0.25, -0.2) is 14.4 Å². The number of anilines is 4. The molecular formula is C69H72Br7N7O6. The number of fused-ring (bicyclic) bond motifs is 2. The van der Waals surface area contributed by atoms with Gasteiger partial charge in [0.2, 0.25) is 6.08 Å². The molecule has 7 aromatic carbocycles. The SMILES string of the molecule is C1CCC2OC2C1.Nc1ccc(Br)cc1.O=C(Nc1ccc(Br)cc1)N(c1ccc(Br)cc1)C1CCCCC1O.O=C=Nc1ccc(Br)cc1.O=c1n(-c2ccc(Br)cc2)c2c(n1-c1ccc(Br)cc1)CCCC2.OC1CCCCC1Nc1ccc(Br)cc1. The molecule has 1 aromatic heterocycles. The van der Waals surface area contributed by atoms with Crippen molar-refractivity contribution in [3.8, 4) is 11.4 Å². The highest BCUT2D eigenvalue weighted by Gasteiger charge is 2.40. The van der Waals surface area contributed by atoms with E-state index in [4.69, 9.17) is 10.5 Å². The summed E-state index contributed by atoms with van der Waals surface area (Å²) in [7, 11) is 0. The van der Waals surface area contributed by atoms with Crippen LogP contribution in [-0.2, 0) is 22.4 Å². The van der Waals surface area contributed by atoms with Crippen LogP contribution in [0.3, 0.4) is 0 Å². The lowest BCUT2D eigenvalue weighted by atomic mass is 9.91. The fourth-order valence-corrected chi connectivity index (χ4v) is 12.9. The molecule has 0 bridgehead atoms. The Morgan fingerprint density at radius 1 is 0.506 bits per heavy atom. The summed E-state index contributed by atoms with van der Waals surface area (Å²) in [6, 6.07) is 53.4. The van der Waals surface area contributed by atoms with Crippen LogP contribution in [-0.4, -0.2) is 68.0 Å². The number of isocyanates is 1. The number of nitrogens with two attached hydrogens (primary N) is 1. The lowest BCUT2D eigenvalue weighted by Gasteiger charge is -2.37. The molecule has 8 aromatic rings. The monoisotopic (exact) mass is 1650 g/mol. The summed E-state index contributed by atoms with van der Waals surface area (Å²) in [5.41, 5.74) is 13.6. The van der Waals surface area contributed by atoms with Crippen LogP contribution >= 0.6 is 112 Å². The third-order valence-corrected chi connectivity index (χ3v) is 19.4. The number of ether oxygens (including phenoxy) is 1. The van der Waals surface area contributed by atoms with Crippen molar-refractivity contribution in [3.05, 3.63) is 223 Å². The van der Waals surface area contributed by atoms with E-state index in [2.05, 4.69) is 127 Å². The Morgan fingerprint density at radius 3 is 1.34 bits per heavy atom. The fourth-order valence-electron chi connectivity index (χ4n) is 11.0. The summed E-state index contributed by atoms with van der Waals surface area (Å²) in [5.74, 6) is 0. The minimum atomic E-state index is -0.506. The third-order valence-electron chi connectivity index (χ3n) is 15.7. The minimum absolute atomic E-state index is 0.0199. The number of aliphatic hydroxyl groups is 2. The molecule has 20 heteroatoms. The van der Waals surface area contributed by atoms with Crippen molar-refractivity contribution in [2.45, 2.75) is 139 Å². The molecule has 4 aliphatic carbocycles. The molecule has 3 saturated carbocycles. The number of carbonyl (C=O) groups excluding carboxylic acids is 2. The standard InChI is InChI=1S/C19H20Br2N2O2.C19H16Br2N2O.C12H16BrNO.C7H4BrNO.C6H6BrN.C6H10O/c20-13-5-9-15(10-6-13)22-19(25)23(16-11-7-14(21)8-12-16)17-3-1-2-4-18(17)24;20-13-5-9-15(10-6-13)22-17-3-1-2-4-18(17)23(19(22)24)16-11-7-14(21)8-12-16;13-9-5-7-10(8-6-9)14-11-3-1-2-4-12(11)15;8-6-1-3-7(4-2-6)9-5-10;7-5-1-3-6(8)4-2-5;1-2-4-6-5(3-1)7-6/h5-12,17-18,24H,1-4H2,(H,22,25);5-12H,1-4H2;5-8,11-12,14-15H,1-4H2;1-4H;1-4H,8H2;5-6H,1-4H2. The number of aliphatic imine (C=N–C) groups is 1. The Bertz CT molecular complexity index is 3480. The number of aliphatic hydroxyl groups excluding tert-OH is 2. The van der Waals surface area contributed by atoms with Gasteiger partial charge >= 0.3 is 11.7 Å². The van der Waals surface area contributed by atoms with E-state index in [-0.39, 0.29) is 29.9 Å². The number of amides is 2. The van der Waals surface area contributed by atoms with Gasteiger partial charge in [-0.1, -0.05) is 150 Å². The predicted octanol–water partition coefficient (Wildman–Crippen LogP) is 19.5. The zero-order chi connectivity index (χ0) is 63.2. The molecule has 5 aliphatic rings. The number of nitrogen functional groups attached to an aromatic ring is 1. The normalized spacial score (nSPS) is 19.3. The van der Waals surface area contributed by atoms with Gasteiger partial charge in [0.15, 0.2) is 0 Å². The first-order chi connectivity index (χ1) is 43.0. The number of halogens is 7. The number of nitrogens with zero attached hydrogens (tertiary/aromatic N) is 4. The molecule has 13 rings (SSSR count). The number of hydrogen-bond donors (Lipinski definition) is 5. The Balaban J connectivity index is 0.000000147. The van der Waals surface area contributed by atoms with Gasteiger partial charge in [-0.05, 0) is 234 Å². The van der Waals surface area contributed by atoms with Crippen LogP contribution in [0.15, 0.2) is 211 Å². The van der Waals surface area contributed by atoms with Gasteiger partial charge in [0.05, 0.1) is 53.6 Å². The topological polar surface area (TPSA) is 180 Å². The van der Waals surface area contributed by atoms with Gasteiger partial charge < -0.3 is 31.3 Å². The van der Waals surface area contributed by atoms with Crippen LogP contribution in [0.5, 0.6) is 0 Å². The van der Waals surface area contributed by atoms with Gasteiger partial charge in [-0.3, -0.25) is 14.0 Å². The molecule has 1 saturated heterocycles. The highest BCUT2D eigenvalue weighted by Crippen LogP contribution is 2.36. The largest absolute Gasteiger partial charge is 0.399 e. The second-order valence-electron chi connectivity index (χ2n) is 22.0. The van der Waals surface area contributed by atoms with Crippen molar-refractivity contribution >= 4 is 152 Å². The number of carbonyl (C=O) groups is 1. The summed E-state index contributed by atoms with van der Waals surface area (Å²) in [5, 5.41) is 26.6. The van der Waals surface area contributed by atoms with Gasteiger partial charge in [0, 0.05) is 65.4 Å². The van der Waals surface area contributed by atoms with Crippen molar-refractivity contribution in [1.29, 1.82) is 0 Å². The maximum Gasteiger partial charge on any atom is 0.337 e. The number of urea groups is 1.